The van der Waals surface area contributed by atoms with Crippen LogP contribution in [0, 0.1) is 0 Å². The molecule has 0 heterocycles. The first-order valence-electron chi connectivity index (χ1n) is 7.05. The Balaban J connectivity index is 2.01. The van der Waals surface area contributed by atoms with Crippen LogP contribution in [0.15, 0.2) is 42.5 Å². The van der Waals surface area contributed by atoms with Crippen molar-refractivity contribution in [2.45, 2.75) is 0 Å². The van der Waals surface area contributed by atoms with E-state index in [0.29, 0.717) is 28.4 Å². The van der Waals surface area contributed by atoms with Crippen molar-refractivity contribution in [3.8, 4) is 11.5 Å². The topological polar surface area (TPSA) is 85.9 Å². The van der Waals surface area contributed by atoms with Crippen LogP contribution in [0.4, 0.5) is 16.2 Å². The minimum Gasteiger partial charge on any atom is -0.493 e. The lowest BCUT2D eigenvalue weighted by Crippen LogP contribution is -2.19. The van der Waals surface area contributed by atoms with Gasteiger partial charge in [0.15, 0.2) is 11.5 Å². The van der Waals surface area contributed by atoms with Crippen molar-refractivity contribution in [1.82, 2.24) is 0 Å². The second-order valence-electron chi connectivity index (χ2n) is 4.72. The Kier molecular flexibility index (Phi) is 5.62. The number of ether oxygens (including phenoxy) is 3. The monoisotopic (exact) mass is 330 g/mol. The highest BCUT2D eigenvalue weighted by Crippen LogP contribution is 2.29. The third-order valence-corrected chi connectivity index (χ3v) is 3.21. The molecule has 0 aromatic heterocycles. The maximum absolute atomic E-state index is 12.0. The fraction of sp³-hybridized carbons (Fsp3) is 0.176. The predicted octanol–water partition coefficient (Wildman–Crippen LogP) is 3.13. The van der Waals surface area contributed by atoms with E-state index in [1.165, 1.54) is 21.3 Å². The number of amides is 2. The van der Waals surface area contributed by atoms with Gasteiger partial charge in [-0.1, -0.05) is 0 Å². The van der Waals surface area contributed by atoms with Gasteiger partial charge in [-0.05, 0) is 36.4 Å². The Bertz CT molecular complexity index is 728. The largest absolute Gasteiger partial charge is 0.493 e. The lowest BCUT2D eigenvalue weighted by Gasteiger charge is -2.11. The molecule has 0 saturated heterocycles. The molecule has 2 amide bonds. The normalized spacial score (nSPS) is 9.79. The number of carbonyl (C=O) groups is 2. The van der Waals surface area contributed by atoms with E-state index in [4.69, 9.17) is 9.47 Å². The Morgan fingerprint density at radius 1 is 0.792 bits per heavy atom. The van der Waals surface area contributed by atoms with Crippen molar-refractivity contribution in [1.29, 1.82) is 0 Å². The summed E-state index contributed by atoms with van der Waals surface area (Å²) >= 11 is 0. The van der Waals surface area contributed by atoms with Gasteiger partial charge in [-0.25, -0.2) is 9.59 Å². The molecule has 7 heteroatoms. The van der Waals surface area contributed by atoms with Gasteiger partial charge in [-0.2, -0.15) is 0 Å². The number of anilines is 2. The van der Waals surface area contributed by atoms with E-state index in [0.717, 1.165) is 0 Å². The van der Waals surface area contributed by atoms with E-state index in [1.54, 1.807) is 42.5 Å². The number of nitrogens with one attached hydrogen (secondary N) is 2. The summed E-state index contributed by atoms with van der Waals surface area (Å²) < 4.78 is 14.9. The Hall–Kier alpha value is -3.22. The first-order valence-corrected chi connectivity index (χ1v) is 7.05. The maximum atomic E-state index is 12.0. The predicted molar refractivity (Wildman–Crippen MR) is 90.0 cm³/mol. The molecule has 24 heavy (non-hydrogen) atoms. The number of benzene rings is 2. The minimum atomic E-state index is -0.434. The molecule has 0 bridgehead atoms. The van der Waals surface area contributed by atoms with Gasteiger partial charge >= 0.3 is 12.0 Å². The summed E-state index contributed by atoms with van der Waals surface area (Å²) in [5, 5.41) is 5.35. The van der Waals surface area contributed by atoms with Crippen molar-refractivity contribution >= 4 is 23.4 Å². The van der Waals surface area contributed by atoms with E-state index in [2.05, 4.69) is 15.4 Å². The van der Waals surface area contributed by atoms with Crippen LogP contribution in [0.5, 0.6) is 11.5 Å². The van der Waals surface area contributed by atoms with Gasteiger partial charge in [-0.15, -0.1) is 0 Å². The summed E-state index contributed by atoms with van der Waals surface area (Å²) in [5.74, 6) is 0.649. The zero-order valence-electron chi connectivity index (χ0n) is 13.6. The second kappa shape index (κ2) is 7.87. The van der Waals surface area contributed by atoms with Crippen LogP contribution in [0.1, 0.15) is 10.4 Å². The first-order chi connectivity index (χ1) is 11.6. The van der Waals surface area contributed by atoms with E-state index in [9.17, 15) is 9.59 Å². The smallest absolute Gasteiger partial charge is 0.337 e. The fourth-order valence-corrected chi connectivity index (χ4v) is 2.01. The van der Waals surface area contributed by atoms with E-state index in [-0.39, 0.29) is 0 Å². The van der Waals surface area contributed by atoms with Crippen LogP contribution in [0.2, 0.25) is 0 Å². The Morgan fingerprint density at radius 2 is 1.38 bits per heavy atom. The molecule has 0 radical (unpaired) electrons. The SMILES string of the molecule is COC(=O)c1ccc(NC(=O)Nc2ccc(OC)c(OC)c2)cc1. The van der Waals surface area contributed by atoms with Crippen molar-refractivity contribution in [2.75, 3.05) is 32.0 Å². The lowest BCUT2D eigenvalue weighted by atomic mass is 10.2. The van der Waals surface area contributed by atoms with Crippen LogP contribution in [0.25, 0.3) is 0 Å². The summed E-state index contributed by atoms with van der Waals surface area (Å²) in [6.07, 6.45) is 0. The molecule has 126 valence electrons. The van der Waals surface area contributed by atoms with E-state index >= 15 is 0 Å². The van der Waals surface area contributed by atoms with Gasteiger partial charge in [0.05, 0.1) is 26.9 Å². The lowest BCUT2D eigenvalue weighted by molar-refractivity contribution is 0.0600. The van der Waals surface area contributed by atoms with Crippen LogP contribution < -0.4 is 20.1 Å². The average Bonchev–Trinajstić information content (AvgIpc) is 2.61. The van der Waals surface area contributed by atoms with Gasteiger partial charge in [0.1, 0.15) is 0 Å². The van der Waals surface area contributed by atoms with Crippen LogP contribution in [-0.2, 0) is 4.74 Å². The molecule has 0 fully saturated rings. The molecular weight excluding hydrogens is 312 g/mol. The maximum Gasteiger partial charge on any atom is 0.337 e. The molecule has 0 saturated carbocycles. The zero-order chi connectivity index (χ0) is 17.5. The number of esters is 1. The van der Waals surface area contributed by atoms with Crippen molar-refractivity contribution in [3.05, 3.63) is 48.0 Å². The number of rotatable bonds is 5. The molecule has 0 aliphatic heterocycles. The molecular formula is C17H18N2O5. The molecule has 7 nitrogen and oxygen atoms in total. The van der Waals surface area contributed by atoms with E-state index in [1.807, 2.05) is 0 Å². The van der Waals surface area contributed by atoms with Crippen molar-refractivity contribution in [2.24, 2.45) is 0 Å². The number of carbonyl (C=O) groups excluding carboxylic acids is 2. The second-order valence-corrected chi connectivity index (χ2v) is 4.72. The van der Waals surface area contributed by atoms with Gasteiger partial charge in [0.2, 0.25) is 0 Å². The Labute approximate surface area is 139 Å². The summed E-state index contributed by atoms with van der Waals surface area (Å²) in [4.78, 5) is 23.4. The molecule has 0 spiro atoms. The van der Waals surface area contributed by atoms with Crippen LogP contribution in [0.3, 0.4) is 0 Å². The highest BCUT2D eigenvalue weighted by atomic mass is 16.5. The van der Waals surface area contributed by atoms with Gasteiger partial charge in [-0.3, -0.25) is 0 Å². The van der Waals surface area contributed by atoms with Gasteiger partial charge in [0, 0.05) is 17.4 Å². The molecule has 2 N–H and O–H groups in total. The standard InChI is InChI=1S/C17H18N2O5/c1-22-14-9-8-13(10-15(14)23-2)19-17(21)18-12-6-4-11(5-7-12)16(20)24-3/h4-10H,1-3H3,(H2,18,19,21). The third-order valence-electron chi connectivity index (χ3n) is 3.21. The molecule has 0 atom stereocenters. The zero-order valence-corrected chi connectivity index (χ0v) is 13.6. The number of urea groups is 1. The van der Waals surface area contributed by atoms with Crippen LogP contribution >= 0.6 is 0 Å². The number of methoxy groups -OCH3 is 3. The first kappa shape index (κ1) is 17.1. The summed E-state index contributed by atoms with van der Waals surface area (Å²) in [5.41, 5.74) is 1.50. The van der Waals surface area contributed by atoms with Crippen molar-refractivity contribution < 1.29 is 23.8 Å². The summed E-state index contributed by atoms with van der Waals surface area (Å²) in [7, 11) is 4.37. The summed E-state index contributed by atoms with van der Waals surface area (Å²) in [6, 6.07) is 11.0. The molecule has 2 rings (SSSR count). The Morgan fingerprint density at radius 3 is 1.96 bits per heavy atom. The molecule has 0 aliphatic carbocycles. The highest BCUT2D eigenvalue weighted by molar-refractivity contribution is 6.00. The van der Waals surface area contributed by atoms with Crippen molar-refractivity contribution in [3.63, 3.8) is 0 Å². The summed E-state index contributed by atoms with van der Waals surface area (Å²) in [6.45, 7) is 0. The van der Waals surface area contributed by atoms with Crippen LogP contribution in [-0.4, -0.2) is 33.3 Å². The van der Waals surface area contributed by atoms with Gasteiger partial charge < -0.3 is 24.8 Å². The van der Waals surface area contributed by atoms with Gasteiger partial charge in [0.25, 0.3) is 0 Å². The molecule has 0 unspecified atom stereocenters. The average molecular weight is 330 g/mol. The highest BCUT2D eigenvalue weighted by Gasteiger charge is 2.09. The molecule has 2 aromatic carbocycles. The third kappa shape index (κ3) is 4.16. The number of hydrogen-bond donors (Lipinski definition) is 2. The number of hydrogen-bond acceptors (Lipinski definition) is 5. The quantitative estimate of drug-likeness (QED) is 0.823. The minimum absolute atomic E-state index is 0.406. The molecule has 2 aromatic rings. The van der Waals surface area contributed by atoms with E-state index < -0.39 is 12.0 Å². The molecule has 0 aliphatic rings. The fourth-order valence-electron chi connectivity index (χ4n) is 2.01.